The van der Waals surface area contributed by atoms with Crippen molar-refractivity contribution < 1.29 is 9.59 Å². The van der Waals surface area contributed by atoms with Gasteiger partial charge in [0.25, 0.3) is 0 Å². The molecule has 94 valence electrons. The quantitative estimate of drug-likeness (QED) is 0.747. The summed E-state index contributed by atoms with van der Waals surface area (Å²) in [7, 11) is 0. The monoisotopic (exact) mass is 236 g/mol. The normalized spacial score (nSPS) is 28.2. The molecule has 0 aromatic heterocycles. The van der Waals surface area contributed by atoms with Crippen molar-refractivity contribution in [2.45, 2.75) is 45.1 Å². The van der Waals surface area contributed by atoms with E-state index in [2.05, 4.69) is 5.32 Å². The Balaban J connectivity index is 2.14. The molecule has 0 saturated carbocycles. The zero-order valence-corrected chi connectivity index (χ0v) is 10.6. The van der Waals surface area contributed by atoms with Gasteiger partial charge in [-0.15, -0.1) is 0 Å². The summed E-state index contributed by atoms with van der Waals surface area (Å²) in [5, 5.41) is 3.31. The molecule has 1 atom stereocenters. The van der Waals surface area contributed by atoms with Crippen LogP contribution < -0.4 is 5.32 Å². The number of carbonyl (C=O) groups is 1. The van der Waals surface area contributed by atoms with Gasteiger partial charge in [-0.1, -0.05) is 13.8 Å². The topological polar surface area (TPSA) is 49.4 Å². The number of hydrogen-bond acceptors (Lipinski definition) is 3. The Bertz CT molecular complexity index is 364. The lowest BCUT2D eigenvalue weighted by Crippen LogP contribution is -2.47. The fourth-order valence-corrected chi connectivity index (χ4v) is 2.82. The van der Waals surface area contributed by atoms with Gasteiger partial charge in [-0.05, 0) is 31.7 Å². The zero-order chi connectivity index (χ0) is 12.5. The number of amides is 1. The van der Waals surface area contributed by atoms with E-state index in [1.54, 1.807) is 4.90 Å². The van der Waals surface area contributed by atoms with Gasteiger partial charge < -0.3 is 10.2 Å². The fraction of sp³-hybridized carbons (Fsp3) is 0.769. The van der Waals surface area contributed by atoms with E-state index in [0.717, 1.165) is 25.8 Å². The van der Waals surface area contributed by atoms with E-state index < -0.39 is 0 Å². The summed E-state index contributed by atoms with van der Waals surface area (Å²) in [6.45, 7) is 5.65. The van der Waals surface area contributed by atoms with Crippen LogP contribution in [0.2, 0.25) is 0 Å². The molecule has 2 rings (SSSR count). The summed E-state index contributed by atoms with van der Waals surface area (Å²) in [6.07, 6.45) is 3.39. The van der Waals surface area contributed by atoms with Crippen molar-refractivity contribution >= 4 is 11.8 Å². The fourth-order valence-electron chi connectivity index (χ4n) is 2.82. The lowest BCUT2D eigenvalue weighted by Gasteiger charge is -2.23. The van der Waals surface area contributed by atoms with E-state index in [1.807, 2.05) is 19.8 Å². The van der Waals surface area contributed by atoms with Gasteiger partial charge in [-0.3, -0.25) is 4.79 Å². The Morgan fingerprint density at radius 2 is 2.29 bits per heavy atom. The Hall–Kier alpha value is -1.12. The summed E-state index contributed by atoms with van der Waals surface area (Å²) in [5.41, 5.74) is 0.148. The lowest BCUT2D eigenvalue weighted by atomic mass is 9.96. The predicted molar refractivity (Wildman–Crippen MR) is 65.0 cm³/mol. The maximum absolute atomic E-state index is 12.4. The second-order valence-electron chi connectivity index (χ2n) is 5.47. The van der Waals surface area contributed by atoms with Gasteiger partial charge in [0, 0.05) is 13.0 Å². The van der Waals surface area contributed by atoms with E-state index in [9.17, 15) is 9.59 Å². The van der Waals surface area contributed by atoms with E-state index in [-0.39, 0.29) is 11.4 Å². The number of nitrogens with zero attached hydrogens (tertiary/aromatic N) is 1. The number of carbonyl (C=O) groups excluding carboxylic acids is 2. The maximum atomic E-state index is 12.4. The first kappa shape index (κ1) is 12.3. The molecule has 0 radical (unpaired) electrons. The molecular weight excluding hydrogens is 216 g/mol. The first-order valence-corrected chi connectivity index (χ1v) is 6.40. The van der Waals surface area contributed by atoms with Gasteiger partial charge in [-0.25, -0.2) is 4.79 Å². The van der Waals surface area contributed by atoms with Gasteiger partial charge in [0.2, 0.25) is 5.91 Å². The third kappa shape index (κ3) is 2.15. The largest absolute Gasteiger partial charge is 0.305 e. The highest BCUT2D eigenvalue weighted by molar-refractivity contribution is 5.91. The van der Waals surface area contributed by atoms with E-state index in [1.165, 1.54) is 0 Å². The average Bonchev–Trinajstić information content (AvgIpc) is 2.87. The van der Waals surface area contributed by atoms with Crippen LogP contribution in [0.3, 0.4) is 0 Å². The van der Waals surface area contributed by atoms with Crippen molar-refractivity contribution in [3.8, 4) is 0 Å². The highest BCUT2D eigenvalue weighted by Gasteiger charge is 2.49. The molecule has 0 aliphatic carbocycles. The molecule has 0 bridgehead atoms. The number of nitrogens with one attached hydrogen (secondary N) is 1. The van der Waals surface area contributed by atoms with Crippen molar-refractivity contribution in [2.24, 2.45) is 5.92 Å². The Kier molecular flexibility index (Phi) is 3.36. The molecule has 17 heavy (non-hydrogen) atoms. The highest BCUT2D eigenvalue weighted by atomic mass is 16.2. The second kappa shape index (κ2) is 4.63. The number of allylic oxidation sites excluding steroid dienone is 1. The zero-order valence-electron chi connectivity index (χ0n) is 10.6. The highest BCUT2D eigenvalue weighted by Crippen LogP contribution is 2.33. The molecule has 1 spiro atoms. The van der Waals surface area contributed by atoms with Crippen LogP contribution in [0.5, 0.6) is 0 Å². The number of likely N-dealkylation sites (tertiary alicyclic amines) is 1. The van der Waals surface area contributed by atoms with Crippen LogP contribution in [0.4, 0.5) is 0 Å². The van der Waals surface area contributed by atoms with Gasteiger partial charge in [0.15, 0.2) is 0 Å². The molecule has 2 saturated heterocycles. The molecule has 0 unspecified atom stereocenters. The van der Waals surface area contributed by atoms with Crippen LogP contribution in [-0.4, -0.2) is 35.4 Å². The van der Waals surface area contributed by atoms with E-state index in [4.69, 9.17) is 0 Å². The third-order valence-electron chi connectivity index (χ3n) is 3.71. The first-order chi connectivity index (χ1) is 8.09. The van der Waals surface area contributed by atoms with Crippen molar-refractivity contribution in [1.82, 2.24) is 10.2 Å². The minimum atomic E-state index is -0.376. The number of hydrogen-bond donors (Lipinski definition) is 1. The van der Waals surface area contributed by atoms with Gasteiger partial charge in [0.1, 0.15) is 17.2 Å². The van der Waals surface area contributed by atoms with Crippen LogP contribution >= 0.6 is 0 Å². The molecule has 4 nitrogen and oxygen atoms in total. The SMILES string of the molecule is CC(C)CC(=C=O)N1CC[C@]2(CCCN2)C1=O. The minimum absolute atomic E-state index is 0.0778. The summed E-state index contributed by atoms with van der Waals surface area (Å²) < 4.78 is 0. The molecule has 1 N–H and O–H groups in total. The van der Waals surface area contributed by atoms with Crippen molar-refractivity contribution in [3.05, 3.63) is 5.70 Å². The Morgan fingerprint density at radius 1 is 1.53 bits per heavy atom. The summed E-state index contributed by atoms with van der Waals surface area (Å²) in [4.78, 5) is 25.0. The smallest absolute Gasteiger partial charge is 0.247 e. The van der Waals surface area contributed by atoms with Gasteiger partial charge in [-0.2, -0.15) is 0 Å². The Morgan fingerprint density at radius 3 is 2.82 bits per heavy atom. The molecule has 2 aliphatic heterocycles. The number of rotatable bonds is 3. The van der Waals surface area contributed by atoms with Crippen molar-refractivity contribution in [2.75, 3.05) is 13.1 Å². The second-order valence-corrected chi connectivity index (χ2v) is 5.47. The van der Waals surface area contributed by atoms with E-state index >= 15 is 0 Å². The molecule has 4 heteroatoms. The van der Waals surface area contributed by atoms with E-state index in [0.29, 0.717) is 24.6 Å². The summed E-state index contributed by atoms with van der Waals surface area (Å²) in [5.74, 6) is 2.40. The molecule has 1 amide bonds. The standard InChI is InChI=1S/C13H20N2O2/c1-10(2)8-11(9-16)15-7-5-13(12(15)17)4-3-6-14-13/h10,14H,3-8H2,1-2H3/t13-/m1/s1. The molecular formula is C13H20N2O2. The van der Waals surface area contributed by atoms with Crippen LogP contribution in [-0.2, 0) is 9.59 Å². The lowest BCUT2D eigenvalue weighted by molar-refractivity contribution is -0.131. The maximum Gasteiger partial charge on any atom is 0.247 e. The summed E-state index contributed by atoms with van der Waals surface area (Å²) >= 11 is 0. The molecule has 0 aromatic rings. The average molecular weight is 236 g/mol. The van der Waals surface area contributed by atoms with Crippen molar-refractivity contribution in [1.29, 1.82) is 0 Å². The van der Waals surface area contributed by atoms with Crippen LogP contribution in [0, 0.1) is 5.92 Å². The van der Waals surface area contributed by atoms with Crippen LogP contribution in [0.25, 0.3) is 0 Å². The summed E-state index contributed by atoms with van der Waals surface area (Å²) in [6, 6.07) is 0. The predicted octanol–water partition coefficient (Wildman–Crippen LogP) is 1.10. The molecule has 0 aromatic carbocycles. The minimum Gasteiger partial charge on any atom is -0.305 e. The molecule has 2 heterocycles. The first-order valence-electron chi connectivity index (χ1n) is 6.40. The van der Waals surface area contributed by atoms with Crippen LogP contribution in [0.1, 0.15) is 39.5 Å². The van der Waals surface area contributed by atoms with Gasteiger partial charge >= 0.3 is 0 Å². The molecule has 2 aliphatic rings. The Labute approximate surface area is 102 Å². The van der Waals surface area contributed by atoms with Crippen molar-refractivity contribution in [3.63, 3.8) is 0 Å². The van der Waals surface area contributed by atoms with Crippen LogP contribution in [0.15, 0.2) is 5.70 Å². The molecule has 2 fully saturated rings. The third-order valence-corrected chi connectivity index (χ3v) is 3.71. The van der Waals surface area contributed by atoms with Gasteiger partial charge in [0.05, 0.1) is 0 Å².